The van der Waals surface area contributed by atoms with Gasteiger partial charge in [0.05, 0.1) is 40.9 Å². The number of amides is 14. The van der Waals surface area contributed by atoms with Crippen LogP contribution < -0.4 is 37.2 Å². The molecule has 1 atom stereocenters. The van der Waals surface area contributed by atoms with Gasteiger partial charge in [-0.05, 0) is 163 Å². The van der Waals surface area contributed by atoms with Crippen LogP contribution in [0.15, 0.2) is 128 Å². The van der Waals surface area contributed by atoms with Gasteiger partial charge in [-0.1, -0.05) is 96.6 Å². The minimum Gasteiger partial charge on any atom is -0.395 e. The Morgan fingerprint density at radius 3 is 1.12 bits per heavy atom. The van der Waals surface area contributed by atoms with Crippen molar-refractivity contribution >= 4 is 106 Å². The number of urea groups is 7. The predicted molar refractivity (Wildman–Crippen MR) is 448 cm³/mol. The van der Waals surface area contributed by atoms with E-state index in [0.717, 1.165) is 136 Å². The number of hydrogen-bond donors (Lipinski definition) is 8. The maximum atomic E-state index is 12.5. The third-order valence-electron chi connectivity index (χ3n) is 15.6. The summed E-state index contributed by atoms with van der Waals surface area (Å²) in [6.45, 7) is 25.9. The third kappa shape index (κ3) is 44.6. The average molecular weight is 1690 g/mol. The molecule has 0 aliphatic heterocycles. The second-order valence-electron chi connectivity index (χ2n) is 26.0. The maximum Gasteiger partial charge on any atom is 0.416 e. The Morgan fingerprint density at radius 1 is 0.419 bits per heavy atom. The van der Waals surface area contributed by atoms with Gasteiger partial charge in [0.15, 0.2) is 0 Å². The molecule has 30 nitrogen and oxygen atoms in total. The zero-order chi connectivity index (χ0) is 88.2. The average Bonchev–Trinajstić information content (AvgIpc) is 0.934. The molecule has 646 valence electrons. The Morgan fingerprint density at radius 2 is 0.786 bits per heavy atom. The number of halogens is 8. The molecule has 0 radical (unpaired) electrons. The van der Waals surface area contributed by atoms with E-state index in [9.17, 15) is 59.9 Å². The molecule has 8 N–H and O–H groups in total. The SMILES string of the molecule is CCC(C)N(OC)C(=O)Nc1cc(C(F)(F)F)ccn1.CCCCCN(CCO)C(=O)Nc1ccc(Cl)cn1.CCCN(C)C(=O)Nc1cc(C(F)(F)F)ccn1.CCCN(C)C(=O)Nc1cc(C)ccn1.CCCN(C)C(=O)Nc1ccc(C)cn1.CCCN(C)C(=O)Nc1ccc(Cl)cn1.CCCN(C)C(=O)Nc1cccc(C)n1. The summed E-state index contributed by atoms with van der Waals surface area (Å²) in [7, 11) is 9.93. The lowest BCUT2D eigenvalue weighted by molar-refractivity contribution is -0.138. The van der Waals surface area contributed by atoms with Crippen LogP contribution in [0.2, 0.25) is 10.0 Å². The first-order valence-electron chi connectivity index (χ1n) is 37.8. The lowest BCUT2D eigenvalue weighted by atomic mass is 10.2. The highest BCUT2D eigenvalue weighted by atomic mass is 35.5. The highest BCUT2D eigenvalue weighted by Gasteiger charge is 2.32. The molecular formula is C79H115Cl2F6N21O9. The van der Waals surface area contributed by atoms with Gasteiger partial charge in [0.25, 0.3) is 0 Å². The summed E-state index contributed by atoms with van der Waals surface area (Å²) in [5, 5.41) is 29.3. The number of aliphatic hydroxyl groups is 1. The fraction of sp³-hybridized carbons (Fsp3) is 0.468. The van der Waals surface area contributed by atoms with Gasteiger partial charge >= 0.3 is 54.6 Å². The predicted octanol–water partition coefficient (Wildman–Crippen LogP) is 18.4. The first-order valence-corrected chi connectivity index (χ1v) is 38.6. The maximum absolute atomic E-state index is 12.5. The lowest BCUT2D eigenvalue weighted by Gasteiger charge is -2.25. The number of alkyl halides is 6. The second-order valence-corrected chi connectivity index (χ2v) is 26.9. The van der Waals surface area contributed by atoms with Crippen molar-refractivity contribution in [3.05, 3.63) is 166 Å². The molecule has 0 aliphatic rings. The summed E-state index contributed by atoms with van der Waals surface area (Å²) in [5.74, 6) is 2.45. The topological polar surface area (TPSA) is 346 Å². The molecular weight excluding hydrogens is 1570 g/mol. The van der Waals surface area contributed by atoms with Crippen molar-refractivity contribution in [1.29, 1.82) is 0 Å². The standard InChI is InChI=1S/C13H20ClN3O2.C12H16F3N3O2.C11H14F3N3O.3C11H17N3O.C10H14ClN3O/c1-2-3-4-7-17(8-9-18)13(19)16-12-6-5-11(14)10-15-12;1-4-8(2)18(20-3)11(19)17-10-7-9(5-6-16-10)12(13,14)15;1-3-6-17(2)10(18)16-9-7-8(4-5-15-9)11(12,13)14;1-4-8-14(3)11(15)13-10-7-5-6-9(2)12-10;1-4-7-14(3)11(15)13-10-8-9(2)5-6-12-10;1-4-7-14(3)11(15)13-10-6-5-9(2)8-12-10;1-3-6-14(2)10(15)13-9-5-4-8(11)7-12-9/h5-6,10,18H,2-4,7-9H2,1H3,(H,15,16,19);5-8H,4H2,1-3H3,(H,16,17,19);4-5,7H,3,6H2,1-2H3,(H,15,16,18);5-7H,4,8H2,1-3H3,(H,12,13,15);2*5-6,8H,4,7H2,1-3H3,(H,12,13,15);4-5,7H,3,6H2,1-2H3,(H,12,13,15). The summed E-state index contributed by atoms with van der Waals surface area (Å²) in [5.41, 5.74) is 1.33. The quantitative estimate of drug-likeness (QED) is 0.0142. The molecule has 117 heavy (non-hydrogen) atoms. The van der Waals surface area contributed by atoms with Crippen LogP contribution in [0.25, 0.3) is 0 Å². The first-order chi connectivity index (χ1) is 55.3. The van der Waals surface area contributed by atoms with Crippen LogP contribution in [-0.2, 0) is 17.2 Å². The number of nitrogens with zero attached hydrogens (tertiary/aromatic N) is 14. The number of hydrogen-bond acceptors (Lipinski definition) is 16. The zero-order valence-corrected chi connectivity index (χ0v) is 71.2. The fourth-order valence-corrected chi connectivity index (χ4v) is 9.41. The van der Waals surface area contributed by atoms with Crippen LogP contribution >= 0.6 is 23.2 Å². The molecule has 7 aromatic rings. The Labute approximate surface area is 692 Å². The van der Waals surface area contributed by atoms with E-state index < -0.39 is 35.5 Å². The Bertz CT molecular complexity index is 3900. The van der Waals surface area contributed by atoms with E-state index in [4.69, 9.17) is 33.1 Å². The number of aliphatic hydroxyl groups excluding tert-OH is 1. The van der Waals surface area contributed by atoms with Gasteiger partial charge < -0.3 is 34.5 Å². The minimum atomic E-state index is -4.49. The largest absolute Gasteiger partial charge is 0.416 e. The molecule has 0 bridgehead atoms. The normalized spacial score (nSPS) is 10.6. The van der Waals surface area contributed by atoms with Gasteiger partial charge in [0, 0.05) is 124 Å². The van der Waals surface area contributed by atoms with Crippen LogP contribution in [0.3, 0.4) is 0 Å². The van der Waals surface area contributed by atoms with E-state index in [1.54, 1.807) is 115 Å². The highest BCUT2D eigenvalue weighted by molar-refractivity contribution is 6.30. The van der Waals surface area contributed by atoms with Crippen LogP contribution in [0.5, 0.6) is 0 Å². The molecule has 14 amide bonds. The van der Waals surface area contributed by atoms with E-state index in [0.29, 0.717) is 65.2 Å². The van der Waals surface area contributed by atoms with Gasteiger partial charge in [-0.15, -0.1) is 0 Å². The van der Waals surface area contributed by atoms with Crippen molar-refractivity contribution in [3.8, 4) is 0 Å². The summed E-state index contributed by atoms with van der Waals surface area (Å²) < 4.78 is 74.9. The molecule has 7 rings (SSSR count). The van der Waals surface area contributed by atoms with Gasteiger partial charge in [-0.25, -0.2) is 73.5 Å². The monoisotopic (exact) mass is 1690 g/mol. The number of carbonyl (C=O) groups excluding carboxylic acids is 7. The van der Waals surface area contributed by atoms with Gasteiger partial charge in [0.2, 0.25) is 0 Å². The second kappa shape index (κ2) is 57.1. The van der Waals surface area contributed by atoms with Crippen LogP contribution in [0.1, 0.15) is 141 Å². The number of aryl methyl sites for hydroxylation is 3. The third-order valence-corrected chi connectivity index (χ3v) is 16.0. The number of anilines is 7. The van der Waals surface area contributed by atoms with Gasteiger partial charge in [0.1, 0.15) is 40.7 Å². The van der Waals surface area contributed by atoms with Crippen molar-refractivity contribution in [2.75, 3.05) is 132 Å². The minimum absolute atomic E-state index is 0.0480. The van der Waals surface area contributed by atoms with Crippen molar-refractivity contribution in [2.45, 2.75) is 152 Å². The number of nitrogens with one attached hydrogen (secondary N) is 7. The molecule has 0 aliphatic carbocycles. The number of pyridine rings is 7. The van der Waals surface area contributed by atoms with Crippen LogP contribution in [0, 0.1) is 20.8 Å². The molecule has 0 saturated carbocycles. The van der Waals surface area contributed by atoms with Gasteiger partial charge in [-0.3, -0.25) is 42.1 Å². The Kier molecular flexibility index (Phi) is 50.8. The molecule has 0 fully saturated rings. The van der Waals surface area contributed by atoms with E-state index >= 15 is 0 Å². The van der Waals surface area contributed by atoms with E-state index in [1.807, 2.05) is 92.6 Å². The fourth-order valence-electron chi connectivity index (χ4n) is 9.19. The zero-order valence-electron chi connectivity index (χ0n) is 69.7. The number of carbonyl (C=O) groups is 7. The number of aromatic nitrogens is 7. The van der Waals surface area contributed by atoms with Crippen molar-refractivity contribution in [3.63, 3.8) is 0 Å². The highest BCUT2D eigenvalue weighted by Crippen LogP contribution is 2.31. The van der Waals surface area contributed by atoms with Crippen LogP contribution in [-0.4, -0.2) is 217 Å². The lowest BCUT2D eigenvalue weighted by Crippen LogP contribution is -2.40. The molecule has 1 unspecified atom stereocenters. The summed E-state index contributed by atoms with van der Waals surface area (Å²) in [4.78, 5) is 124. The van der Waals surface area contributed by atoms with E-state index in [1.165, 1.54) is 24.4 Å². The first kappa shape index (κ1) is 104. The molecule has 7 heterocycles. The summed E-state index contributed by atoms with van der Waals surface area (Å²) in [6, 6.07) is 20.8. The summed E-state index contributed by atoms with van der Waals surface area (Å²) >= 11 is 11.4. The molecule has 0 saturated heterocycles. The van der Waals surface area contributed by atoms with Crippen molar-refractivity contribution < 1.29 is 69.8 Å². The van der Waals surface area contributed by atoms with Crippen LogP contribution in [0.4, 0.5) is 101 Å². The number of unbranched alkanes of at least 4 members (excludes halogenated alkanes) is 2. The number of rotatable bonds is 26. The molecule has 0 spiro atoms. The number of hydroxylamine groups is 2. The van der Waals surface area contributed by atoms with Crippen molar-refractivity contribution in [2.24, 2.45) is 0 Å². The molecule has 38 heteroatoms. The molecule has 7 aromatic heterocycles. The van der Waals surface area contributed by atoms with Crippen molar-refractivity contribution in [1.82, 2.24) is 69.4 Å². The Balaban J connectivity index is 0.000000685. The van der Waals surface area contributed by atoms with E-state index in [2.05, 4.69) is 79.0 Å². The Hall–Kier alpha value is -11.0. The summed E-state index contributed by atoms with van der Waals surface area (Å²) in [6.07, 6.45) is 7.72. The van der Waals surface area contributed by atoms with E-state index in [-0.39, 0.29) is 54.4 Å². The van der Waals surface area contributed by atoms with Gasteiger partial charge in [-0.2, -0.15) is 26.3 Å². The molecule has 0 aromatic carbocycles. The smallest absolute Gasteiger partial charge is 0.395 e.